The third-order valence-electron chi connectivity index (χ3n) is 7.86. The van der Waals surface area contributed by atoms with Crippen LogP contribution in [0.3, 0.4) is 0 Å². The molecule has 2 aromatic carbocycles. The fourth-order valence-electron chi connectivity index (χ4n) is 5.93. The number of carbonyl (C=O) groups is 2. The second-order valence-electron chi connectivity index (χ2n) is 10.1. The Hall–Kier alpha value is -2.89. The van der Waals surface area contributed by atoms with Crippen LogP contribution in [0.5, 0.6) is 5.75 Å². The highest BCUT2D eigenvalue weighted by atomic mass is 19.1. The summed E-state index contributed by atoms with van der Waals surface area (Å²) in [5.41, 5.74) is 3.08. The highest BCUT2D eigenvalue weighted by Crippen LogP contribution is 2.40. The van der Waals surface area contributed by atoms with Crippen molar-refractivity contribution < 1.29 is 18.7 Å². The van der Waals surface area contributed by atoms with Gasteiger partial charge >= 0.3 is 0 Å². The van der Waals surface area contributed by atoms with Crippen molar-refractivity contribution in [1.82, 2.24) is 9.80 Å². The molecule has 0 aromatic heterocycles. The molecule has 2 aliphatic heterocycles. The molecule has 35 heavy (non-hydrogen) atoms. The van der Waals surface area contributed by atoms with Gasteiger partial charge in [-0.2, -0.15) is 0 Å². The van der Waals surface area contributed by atoms with Crippen LogP contribution in [0.2, 0.25) is 0 Å². The first-order valence-electron chi connectivity index (χ1n) is 13.2. The SMILES string of the molecule is CC[C@@H](Oc1ccc2c(c1)[C@H](c1ccc(F)cc1)N(C(=O)C1CCCC1)CC2)C(=O)N1CCCC1. The van der Waals surface area contributed by atoms with Gasteiger partial charge < -0.3 is 14.5 Å². The molecule has 2 heterocycles. The zero-order valence-corrected chi connectivity index (χ0v) is 20.5. The lowest BCUT2D eigenvalue weighted by molar-refractivity contribution is -0.138. The van der Waals surface area contributed by atoms with Crippen LogP contribution in [0.15, 0.2) is 42.5 Å². The predicted octanol–water partition coefficient (Wildman–Crippen LogP) is 5.27. The minimum atomic E-state index is -0.518. The number of ether oxygens (including phenoxy) is 1. The average molecular weight is 479 g/mol. The van der Waals surface area contributed by atoms with Crippen LogP contribution in [0, 0.1) is 11.7 Å². The normalized spacial score (nSPS) is 21.1. The van der Waals surface area contributed by atoms with E-state index >= 15 is 0 Å². The van der Waals surface area contributed by atoms with Gasteiger partial charge in [-0.3, -0.25) is 9.59 Å². The van der Waals surface area contributed by atoms with Gasteiger partial charge in [0.05, 0.1) is 6.04 Å². The Balaban J connectivity index is 1.46. The van der Waals surface area contributed by atoms with Gasteiger partial charge in [0.1, 0.15) is 11.6 Å². The number of fused-ring (bicyclic) bond motifs is 1. The predicted molar refractivity (Wildman–Crippen MR) is 133 cm³/mol. The van der Waals surface area contributed by atoms with Crippen molar-refractivity contribution in [1.29, 1.82) is 0 Å². The Kier molecular flexibility index (Phi) is 7.07. The molecule has 0 bridgehead atoms. The number of rotatable bonds is 6. The first-order valence-corrected chi connectivity index (χ1v) is 13.2. The van der Waals surface area contributed by atoms with Gasteiger partial charge in [-0.15, -0.1) is 0 Å². The molecule has 0 unspecified atom stereocenters. The van der Waals surface area contributed by atoms with Gasteiger partial charge in [-0.1, -0.05) is 38.0 Å². The maximum atomic E-state index is 13.8. The summed E-state index contributed by atoms with van der Waals surface area (Å²) in [6.07, 6.45) is 7.03. The Labute approximate surface area is 207 Å². The number of carbonyl (C=O) groups excluding carboxylic acids is 2. The molecular formula is C29H35FN2O3. The summed E-state index contributed by atoms with van der Waals surface area (Å²) in [5, 5.41) is 0. The smallest absolute Gasteiger partial charge is 0.263 e. The minimum absolute atomic E-state index is 0.0517. The van der Waals surface area contributed by atoms with Crippen molar-refractivity contribution in [2.45, 2.75) is 70.4 Å². The molecule has 1 aliphatic carbocycles. The van der Waals surface area contributed by atoms with Gasteiger partial charge in [0.15, 0.2) is 6.10 Å². The third kappa shape index (κ3) is 4.93. The van der Waals surface area contributed by atoms with Crippen LogP contribution in [0.4, 0.5) is 4.39 Å². The van der Waals surface area contributed by atoms with Gasteiger partial charge in [-0.05, 0) is 79.5 Å². The fraction of sp³-hybridized carbons (Fsp3) is 0.517. The van der Waals surface area contributed by atoms with E-state index in [4.69, 9.17) is 4.74 Å². The Morgan fingerprint density at radius 3 is 2.40 bits per heavy atom. The molecule has 186 valence electrons. The maximum absolute atomic E-state index is 13.8. The summed E-state index contributed by atoms with van der Waals surface area (Å²) in [6.45, 7) is 4.22. The average Bonchev–Trinajstić information content (AvgIpc) is 3.61. The van der Waals surface area contributed by atoms with E-state index in [1.54, 1.807) is 12.1 Å². The molecule has 2 aromatic rings. The van der Waals surface area contributed by atoms with E-state index in [1.165, 1.54) is 17.7 Å². The fourth-order valence-corrected chi connectivity index (χ4v) is 5.93. The summed E-state index contributed by atoms with van der Waals surface area (Å²) in [7, 11) is 0. The van der Waals surface area contributed by atoms with E-state index < -0.39 is 6.10 Å². The van der Waals surface area contributed by atoms with E-state index in [2.05, 4.69) is 6.07 Å². The second kappa shape index (κ2) is 10.4. The molecule has 3 aliphatic rings. The number of amides is 2. The van der Waals surface area contributed by atoms with Crippen LogP contribution in [-0.2, 0) is 16.0 Å². The van der Waals surface area contributed by atoms with Crippen molar-refractivity contribution >= 4 is 11.8 Å². The standard InChI is InChI=1S/C29H35FN2O3/c1-2-26(29(34)31-16-5-6-17-31)35-24-14-11-20-15-18-32(28(33)22-7-3-4-8-22)27(25(20)19-24)21-9-12-23(30)13-10-21/h9-14,19,22,26-27H,2-8,15-18H2,1H3/t26-,27+/m1/s1. The molecule has 5 nitrogen and oxygen atoms in total. The molecule has 0 N–H and O–H groups in total. The van der Waals surface area contributed by atoms with Gasteiger partial charge in [0.25, 0.3) is 5.91 Å². The van der Waals surface area contributed by atoms with Gasteiger partial charge in [-0.25, -0.2) is 4.39 Å². The summed E-state index contributed by atoms with van der Waals surface area (Å²) in [5.74, 6) is 0.675. The Morgan fingerprint density at radius 2 is 1.71 bits per heavy atom. The molecule has 6 heteroatoms. The molecule has 5 rings (SSSR count). The quantitative estimate of drug-likeness (QED) is 0.568. The summed E-state index contributed by atoms with van der Waals surface area (Å²) in [4.78, 5) is 30.5. The lowest BCUT2D eigenvalue weighted by Gasteiger charge is -2.39. The molecule has 0 radical (unpaired) electrons. The summed E-state index contributed by atoms with van der Waals surface area (Å²) >= 11 is 0. The number of benzene rings is 2. The zero-order chi connectivity index (χ0) is 24.4. The molecule has 2 fully saturated rings. The summed E-state index contributed by atoms with van der Waals surface area (Å²) in [6, 6.07) is 12.2. The first-order chi connectivity index (χ1) is 17.0. The molecule has 0 spiro atoms. The van der Waals surface area contributed by atoms with Gasteiger partial charge in [0, 0.05) is 25.6 Å². The van der Waals surface area contributed by atoms with Crippen LogP contribution >= 0.6 is 0 Å². The molecular weight excluding hydrogens is 443 g/mol. The van der Waals surface area contributed by atoms with E-state index in [0.29, 0.717) is 18.7 Å². The van der Waals surface area contributed by atoms with E-state index in [9.17, 15) is 14.0 Å². The van der Waals surface area contributed by atoms with Crippen LogP contribution in [-0.4, -0.2) is 47.4 Å². The largest absolute Gasteiger partial charge is 0.481 e. The van der Waals surface area contributed by atoms with Gasteiger partial charge in [0.2, 0.25) is 5.91 Å². The summed E-state index contributed by atoms with van der Waals surface area (Å²) < 4.78 is 20.0. The number of likely N-dealkylation sites (tertiary alicyclic amines) is 1. The monoisotopic (exact) mass is 478 g/mol. The lowest BCUT2D eigenvalue weighted by Crippen LogP contribution is -2.43. The van der Waals surface area contributed by atoms with Crippen LogP contribution in [0.25, 0.3) is 0 Å². The van der Waals surface area contributed by atoms with Crippen molar-refractivity contribution in [3.05, 3.63) is 65.0 Å². The van der Waals surface area contributed by atoms with Crippen molar-refractivity contribution in [3.63, 3.8) is 0 Å². The molecule has 1 saturated heterocycles. The second-order valence-corrected chi connectivity index (χ2v) is 10.1. The Morgan fingerprint density at radius 1 is 1.00 bits per heavy atom. The molecule has 2 atom stereocenters. The first kappa shape index (κ1) is 23.8. The lowest BCUT2D eigenvalue weighted by atomic mass is 9.87. The topological polar surface area (TPSA) is 49.9 Å². The zero-order valence-electron chi connectivity index (χ0n) is 20.5. The van der Waals surface area contributed by atoms with Crippen LogP contribution in [0.1, 0.15) is 74.6 Å². The number of halogens is 1. The maximum Gasteiger partial charge on any atom is 0.263 e. The van der Waals surface area contributed by atoms with E-state index in [0.717, 1.165) is 69.2 Å². The van der Waals surface area contributed by atoms with Crippen molar-refractivity contribution in [2.75, 3.05) is 19.6 Å². The number of hydrogen-bond acceptors (Lipinski definition) is 3. The number of nitrogens with zero attached hydrogens (tertiary/aromatic N) is 2. The van der Waals surface area contributed by atoms with Crippen molar-refractivity contribution in [2.24, 2.45) is 5.92 Å². The highest BCUT2D eigenvalue weighted by molar-refractivity contribution is 5.82. The molecule has 1 saturated carbocycles. The number of hydrogen-bond donors (Lipinski definition) is 0. The Bertz CT molecular complexity index is 1060. The van der Waals surface area contributed by atoms with E-state index in [1.807, 2.05) is 28.9 Å². The third-order valence-corrected chi connectivity index (χ3v) is 7.86. The van der Waals surface area contributed by atoms with Crippen molar-refractivity contribution in [3.8, 4) is 5.75 Å². The van der Waals surface area contributed by atoms with E-state index in [-0.39, 0.29) is 29.6 Å². The highest BCUT2D eigenvalue weighted by Gasteiger charge is 2.37. The minimum Gasteiger partial charge on any atom is -0.481 e. The van der Waals surface area contributed by atoms with Crippen LogP contribution < -0.4 is 4.74 Å². The molecule has 2 amide bonds.